The van der Waals surface area contributed by atoms with Crippen LogP contribution < -0.4 is 0 Å². The molecule has 1 aromatic rings. The highest BCUT2D eigenvalue weighted by Crippen LogP contribution is 2.39. The first-order valence-electron chi connectivity index (χ1n) is 5.09. The van der Waals surface area contributed by atoms with Crippen molar-refractivity contribution >= 4 is 0 Å². The number of aliphatic hydroxyl groups is 1. The fraction of sp³-hybridized carbons (Fsp3) is 0.385. The van der Waals surface area contributed by atoms with Crippen molar-refractivity contribution in [3.05, 3.63) is 47.5 Å². The van der Waals surface area contributed by atoms with E-state index in [-0.39, 0.29) is 0 Å². The summed E-state index contributed by atoms with van der Waals surface area (Å²) < 4.78 is 0. The standard InChI is InChI=1S/C13H16O/c1-3-7-13(14)8-6-11-5-4-10(2)9-12(11)13/h3-5,9,14H,1,6-8H2,2H3/t13-/m1/s1. The summed E-state index contributed by atoms with van der Waals surface area (Å²) in [5.74, 6) is 0. The van der Waals surface area contributed by atoms with Crippen molar-refractivity contribution in [2.24, 2.45) is 0 Å². The van der Waals surface area contributed by atoms with Crippen LogP contribution in [0.3, 0.4) is 0 Å². The van der Waals surface area contributed by atoms with E-state index in [0.717, 1.165) is 18.4 Å². The van der Waals surface area contributed by atoms with Crippen LogP contribution in [-0.2, 0) is 12.0 Å². The van der Waals surface area contributed by atoms with Gasteiger partial charge in [-0.15, -0.1) is 6.58 Å². The van der Waals surface area contributed by atoms with E-state index in [4.69, 9.17) is 0 Å². The second-order valence-electron chi connectivity index (χ2n) is 4.18. The summed E-state index contributed by atoms with van der Waals surface area (Å²) >= 11 is 0. The number of aryl methyl sites for hydroxylation is 2. The van der Waals surface area contributed by atoms with Crippen LogP contribution in [0.2, 0.25) is 0 Å². The van der Waals surface area contributed by atoms with E-state index in [1.165, 1.54) is 11.1 Å². The lowest BCUT2D eigenvalue weighted by Crippen LogP contribution is -2.21. The van der Waals surface area contributed by atoms with E-state index in [2.05, 4.69) is 31.7 Å². The van der Waals surface area contributed by atoms with E-state index >= 15 is 0 Å². The fourth-order valence-corrected chi connectivity index (χ4v) is 2.27. The second-order valence-corrected chi connectivity index (χ2v) is 4.18. The highest BCUT2D eigenvalue weighted by molar-refractivity contribution is 5.40. The minimum absolute atomic E-state index is 0.650. The quantitative estimate of drug-likeness (QED) is 0.707. The summed E-state index contributed by atoms with van der Waals surface area (Å²) in [5.41, 5.74) is 2.97. The average Bonchev–Trinajstić information content (AvgIpc) is 2.45. The Kier molecular flexibility index (Phi) is 2.20. The monoisotopic (exact) mass is 188 g/mol. The Morgan fingerprint density at radius 1 is 1.57 bits per heavy atom. The molecule has 0 aliphatic heterocycles. The van der Waals surface area contributed by atoms with Gasteiger partial charge in [0, 0.05) is 0 Å². The summed E-state index contributed by atoms with van der Waals surface area (Å²) in [7, 11) is 0. The molecular formula is C13H16O. The Morgan fingerprint density at radius 2 is 2.36 bits per heavy atom. The fourth-order valence-electron chi connectivity index (χ4n) is 2.27. The van der Waals surface area contributed by atoms with Crippen LogP contribution in [0, 0.1) is 6.92 Å². The van der Waals surface area contributed by atoms with E-state index in [9.17, 15) is 5.11 Å². The molecule has 0 heterocycles. The summed E-state index contributed by atoms with van der Waals surface area (Å²) in [6, 6.07) is 6.34. The van der Waals surface area contributed by atoms with Gasteiger partial charge in [-0.3, -0.25) is 0 Å². The van der Waals surface area contributed by atoms with Gasteiger partial charge in [-0.2, -0.15) is 0 Å². The lowest BCUT2D eigenvalue weighted by atomic mass is 9.91. The van der Waals surface area contributed by atoms with Crippen LogP contribution in [0.5, 0.6) is 0 Å². The van der Waals surface area contributed by atoms with Gasteiger partial charge in [0.25, 0.3) is 0 Å². The average molecular weight is 188 g/mol. The molecule has 1 aliphatic rings. The minimum atomic E-state index is -0.650. The van der Waals surface area contributed by atoms with Crippen LogP contribution in [0.4, 0.5) is 0 Å². The normalized spacial score (nSPS) is 24.7. The third kappa shape index (κ3) is 1.38. The summed E-state index contributed by atoms with van der Waals surface area (Å²) in [6.07, 6.45) is 4.28. The van der Waals surface area contributed by atoms with Crippen LogP contribution in [-0.4, -0.2) is 5.11 Å². The lowest BCUT2D eigenvalue weighted by Gasteiger charge is -2.22. The summed E-state index contributed by atoms with van der Waals surface area (Å²) in [6.45, 7) is 5.77. The van der Waals surface area contributed by atoms with Gasteiger partial charge in [0.05, 0.1) is 5.60 Å². The van der Waals surface area contributed by atoms with Crippen molar-refractivity contribution in [1.29, 1.82) is 0 Å². The maximum Gasteiger partial charge on any atom is 0.0936 e. The molecule has 0 aromatic heterocycles. The molecule has 1 atom stereocenters. The summed E-state index contributed by atoms with van der Waals surface area (Å²) in [5, 5.41) is 10.4. The van der Waals surface area contributed by atoms with Crippen LogP contribution in [0.15, 0.2) is 30.9 Å². The van der Waals surface area contributed by atoms with Gasteiger partial charge in [0.1, 0.15) is 0 Å². The van der Waals surface area contributed by atoms with E-state index in [1.54, 1.807) is 6.08 Å². The Bertz CT molecular complexity index is 367. The van der Waals surface area contributed by atoms with Gasteiger partial charge >= 0.3 is 0 Å². The van der Waals surface area contributed by atoms with Gasteiger partial charge in [0.15, 0.2) is 0 Å². The Hall–Kier alpha value is -1.08. The van der Waals surface area contributed by atoms with Gasteiger partial charge in [-0.1, -0.05) is 29.8 Å². The number of fused-ring (bicyclic) bond motifs is 1. The third-order valence-corrected chi connectivity index (χ3v) is 3.06. The van der Waals surface area contributed by atoms with Crippen molar-refractivity contribution in [3.8, 4) is 0 Å². The van der Waals surface area contributed by atoms with E-state index in [1.807, 2.05) is 0 Å². The summed E-state index contributed by atoms with van der Waals surface area (Å²) in [4.78, 5) is 0. The van der Waals surface area contributed by atoms with Crippen LogP contribution in [0.25, 0.3) is 0 Å². The molecule has 14 heavy (non-hydrogen) atoms. The Morgan fingerprint density at radius 3 is 3.07 bits per heavy atom. The smallest absolute Gasteiger partial charge is 0.0936 e. The van der Waals surface area contributed by atoms with E-state index in [0.29, 0.717) is 6.42 Å². The molecule has 0 saturated carbocycles. The van der Waals surface area contributed by atoms with E-state index < -0.39 is 5.60 Å². The molecule has 2 rings (SSSR count). The van der Waals surface area contributed by atoms with Crippen molar-refractivity contribution in [2.45, 2.75) is 31.8 Å². The molecule has 0 unspecified atom stereocenters. The minimum Gasteiger partial charge on any atom is -0.385 e. The molecule has 1 aromatic carbocycles. The molecule has 74 valence electrons. The predicted octanol–water partition coefficient (Wildman–Crippen LogP) is 2.70. The number of rotatable bonds is 2. The molecule has 0 radical (unpaired) electrons. The van der Waals surface area contributed by atoms with Gasteiger partial charge < -0.3 is 5.11 Å². The van der Waals surface area contributed by atoms with Crippen LogP contribution >= 0.6 is 0 Å². The number of hydrogen-bond donors (Lipinski definition) is 1. The maximum absolute atomic E-state index is 10.4. The van der Waals surface area contributed by atoms with Gasteiger partial charge in [-0.25, -0.2) is 0 Å². The Labute approximate surface area is 85.1 Å². The zero-order valence-electron chi connectivity index (χ0n) is 8.59. The maximum atomic E-state index is 10.4. The molecule has 0 saturated heterocycles. The molecule has 0 bridgehead atoms. The molecule has 1 N–H and O–H groups in total. The predicted molar refractivity (Wildman–Crippen MR) is 58.2 cm³/mol. The zero-order chi connectivity index (χ0) is 10.2. The molecular weight excluding hydrogens is 172 g/mol. The van der Waals surface area contributed by atoms with Crippen molar-refractivity contribution < 1.29 is 5.11 Å². The molecule has 0 fully saturated rings. The largest absolute Gasteiger partial charge is 0.385 e. The van der Waals surface area contributed by atoms with Crippen molar-refractivity contribution in [1.82, 2.24) is 0 Å². The van der Waals surface area contributed by atoms with Crippen molar-refractivity contribution in [3.63, 3.8) is 0 Å². The highest BCUT2D eigenvalue weighted by atomic mass is 16.3. The molecule has 0 spiro atoms. The van der Waals surface area contributed by atoms with Gasteiger partial charge in [0.2, 0.25) is 0 Å². The first kappa shape index (κ1) is 9.47. The zero-order valence-corrected chi connectivity index (χ0v) is 8.59. The molecule has 1 heteroatoms. The lowest BCUT2D eigenvalue weighted by molar-refractivity contribution is 0.0418. The SMILES string of the molecule is C=CC[C@@]1(O)CCc2ccc(C)cc21. The molecule has 1 nitrogen and oxygen atoms in total. The second kappa shape index (κ2) is 3.25. The van der Waals surface area contributed by atoms with Crippen molar-refractivity contribution in [2.75, 3.05) is 0 Å². The highest BCUT2D eigenvalue weighted by Gasteiger charge is 2.35. The van der Waals surface area contributed by atoms with Crippen LogP contribution in [0.1, 0.15) is 29.5 Å². The molecule has 0 amide bonds. The first-order chi connectivity index (χ1) is 6.65. The first-order valence-corrected chi connectivity index (χ1v) is 5.09. The number of benzene rings is 1. The topological polar surface area (TPSA) is 20.2 Å². The van der Waals surface area contributed by atoms with Gasteiger partial charge in [-0.05, 0) is 37.3 Å². The number of hydrogen-bond acceptors (Lipinski definition) is 1. The molecule has 1 aliphatic carbocycles. The third-order valence-electron chi connectivity index (χ3n) is 3.06. The Balaban J connectivity index is 2.46.